The maximum absolute atomic E-state index is 14.1. The van der Waals surface area contributed by atoms with E-state index in [4.69, 9.17) is 0 Å². The first-order chi connectivity index (χ1) is 10.4. The van der Waals surface area contributed by atoms with Gasteiger partial charge in [0.1, 0.15) is 10.4 Å². The highest BCUT2D eigenvalue weighted by molar-refractivity contribution is 9.10. The van der Waals surface area contributed by atoms with Crippen LogP contribution < -0.4 is 5.32 Å². The zero-order chi connectivity index (χ0) is 15.9. The molecule has 1 aromatic carbocycles. The summed E-state index contributed by atoms with van der Waals surface area (Å²) < 4.78 is 39.4. The lowest BCUT2D eigenvalue weighted by molar-refractivity contribution is 0.596. The fraction of sp³-hybridized carbons (Fsp3) is 0.0769. The van der Waals surface area contributed by atoms with Crippen molar-refractivity contribution in [2.45, 2.75) is 4.90 Å². The molecule has 0 aliphatic heterocycles. The molecular formula is C13H10BrFN4O2S. The van der Waals surface area contributed by atoms with Crippen LogP contribution in [0.2, 0.25) is 0 Å². The van der Waals surface area contributed by atoms with Crippen LogP contribution in [0.5, 0.6) is 0 Å². The topological polar surface area (TPSA) is 76.4 Å². The molecular weight excluding hydrogens is 375 g/mol. The molecule has 6 nitrogen and oxygen atoms in total. The average Bonchev–Trinajstić information content (AvgIpc) is 2.83. The first-order valence-corrected chi connectivity index (χ1v) is 8.79. The number of hydrogen-bond donors (Lipinski definition) is 1. The van der Waals surface area contributed by atoms with Crippen LogP contribution in [0.25, 0.3) is 5.65 Å². The summed E-state index contributed by atoms with van der Waals surface area (Å²) in [7, 11) is -3.45. The fourth-order valence-corrected chi connectivity index (χ4v) is 2.95. The van der Waals surface area contributed by atoms with Gasteiger partial charge in [0.25, 0.3) is 0 Å². The Labute approximate surface area is 134 Å². The molecule has 3 aromatic rings. The Balaban J connectivity index is 2.02. The molecule has 0 aliphatic carbocycles. The van der Waals surface area contributed by atoms with Gasteiger partial charge in [0.05, 0.1) is 16.8 Å². The van der Waals surface area contributed by atoms with Gasteiger partial charge in [-0.3, -0.25) is 4.40 Å². The van der Waals surface area contributed by atoms with Crippen molar-refractivity contribution in [3.05, 3.63) is 47.2 Å². The smallest absolute Gasteiger partial charge is 0.181 e. The van der Waals surface area contributed by atoms with Crippen molar-refractivity contribution >= 4 is 42.9 Å². The third kappa shape index (κ3) is 2.69. The third-order valence-electron chi connectivity index (χ3n) is 3.00. The van der Waals surface area contributed by atoms with E-state index < -0.39 is 15.7 Å². The van der Waals surface area contributed by atoms with Gasteiger partial charge >= 0.3 is 0 Å². The Morgan fingerprint density at radius 3 is 2.77 bits per heavy atom. The second kappa shape index (κ2) is 5.33. The van der Waals surface area contributed by atoms with Gasteiger partial charge in [-0.15, -0.1) is 0 Å². The molecule has 1 N–H and O–H groups in total. The van der Waals surface area contributed by atoms with E-state index in [-0.39, 0.29) is 10.6 Å². The van der Waals surface area contributed by atoms with Gasteiger partial charge in [-0.1, -0.05) is 0 Å². The number of rotatable bonds is 3. The van der Waals surface area contributed by atoms with E-state index in [1.54, 1.807) is 23.0 Å². The second-order valence-electron chi connectivity index (χ2n) is 4.59. The van der Waals surface area contributed by atoms with Gasteiger partial charge in [-0.05, 0) is 34.1 Å². The van der Waals surface area contributed by atoms with Gasteiger partial charge in [-0.2, -0.15) is 0 Å². The van der Waals surface area contributed by atoms with E-state index in [1.807, 2.05) is 0 Å². The summed E-state index contributed by atoms with van der Waals surface area (Å²) in [5.41, 5.74) is 0.632. The van der Waals surface area contributed by atoms with Crippen molar-refractivity contribution in [1.29, 1.82) is 0 Å². The van der Waals surface area contributed by atoms with Crippen LogP contribution in [0.15, 0.2) is 46.3 Å². The van der Waals surface area contributed by atoms with Crippen molar-refractivity contribution < 1.29 is 12.8 Å². The lowest BCUT2D eigenvalue weighted by atomic mass is 10.3. The van der Waals surface area contributed by atoms with Gasteiger partial charge in [0, 0.05) is 18.6 Å². The molecule has 2 heterocycles. The predicted molar refractivity (Wildman–Crippen MR) is 83.5 cm³/mol. The number of imidazole rings is 1. The van der Waals surface area contributed by atoms with Crippen LogP contribution >= 0.6 is 15.9 Å². The number of nitrogens with one attached hydrogen (secondary N) is 1. The van der Waals surface area contributed by atoms with Crippen LogP contribution in [0.4, 0.5) is 15.9 Å². The zero-order valence-electron chi connectivity index (χ0n) is 11.3. The Hall–Kier alpha value is -2.00. The molecule has 0 fully saturated rings. The standard InChI is InChI=1S/C13H10BrFN4O2S/c1-22(20,21)8-2-3-10(9(15)6-8)18-12-13-17-7-11(14)19(13)5-4-16-12/h2-7H,1H3,(H,16,18). The number of benzene rings is 1. The number of fused-ring (bicyclic) bond motifs is 1. The van der Waals surface area contributed by atoms with Gasteiger partial charge < -0.3 is 5.32 Å². The van der Waals surface area contributed by atoms with Crippen molar-refractivity contribution in [2.24, 2.45) is 0 Å². The molecule has 0 bridgehead atoms. The number of halogens is 2. The Bertz CT molecular complexity index is 971. The maximum Gasteiger partial charge on any atom is 0.181 e. The van der Waals surface area contributed by atoms with E-state index in [0.29, 0.717) is 11.5 Å². The lowest BCUT2D eigenvalue weighted by Crippen LogP contribution is -2.02. The van der Waals surface area contributed by atoms with Crippen LogP contribution in [-0.2, 0) is 9.84 Å². The lowest BCUT2D eigenvalue weighted by Gasteiger charge is -2.09. The molecule has 9 heteroatoms. The molecule has 0 saturated carbocycles. The minimum atomic E-state index is -3.45. The normalized spacial score (nSPS) is 11.8. The van der Waals surface area contributed by atoms with Crippen LogP contribution in [0.3, 0.4) is 0 Å². The second-order valence-corrected chi connectivity index (χ2v) is 7.42. The first kappa shape index (κ1) is 14.9. The highest BCUT2D eigenvalue weighted by atomic mass is 79.9. The molecule has 0 aliphatic rings. The van der Waals surface area contributed by atoms with Crippen molar-refractivity contribution in [1.82, 2.24) is 14.4 Å². The van der Waals surface area contributed by atoms with Crippen molar-refractivity contribution in [3.63, 3.8) is 0 Å². The summed E-state index contributed by atoms with van der Waals surface area (Å²) >= 11 is 3.34. The summed E-state index contributed by atoms with van der Waals surface area (Å²) in [6.45, 7) is 0. The summed E-state index contributed by atoms with van der Waals surface area (Å²) in [6.07, 6.45) is 5.88. The highest BCUT2D eigenvalue weighted by Crippen LogP contribution is 2.25. The number of sulfone groups is 1. The van der Waals surface area contributed by atoms with E-state index >= 15 is 0 Å². The largest absolute Gasteiger partial charge is 0.335 e. The predicted octanol–water partition coefficient (Wildman–Crippen LogP) is 2.78. The summed E-state index contributed by atoms with van der Waals surface area (Å²) in [4.78, 5) is 8.22. The third-order valence-corrected chi connectivity index (χ3v) is 4.70. The zero-order valence-corrected chi connectivity index (χ0v) is 13.7. The van der Waals surface area contributed by atoms with Crippen LogP contribution in [0, 0.1) is 5.82 Å². The molecule has 0 saturated heterocycles. The number of nitrogens with zero attached hydrogens (tertiary/aromatic N) is 3. The minimum absolute atomic E-state index is 0.0785. The number of hydrogen-bond acceptors (Lipinski definition) is 5. The van der Waals surface area contributed by atoms with Crippen molar-refractivity contribution in [3.8, 4) is 0 Å². The number of aromatic nitrogens is 3. The highest BCUT2D eigenvalue weighted by Gasteiger charge is 2.13. The molecule has 114 valence electrons. The Morgan fingerprint density at radius 1 is 1.32 bits per heavy atom. The van der Waals surface area contributed by atoms with E-state index in [1.165, 1.54) is 12.1 Å². The number of anilines is 2. The van der Waals surface area contributed by atoms with E-state index in [0.717, 1.165) is 16.9 Å². The molecule has 0 unspecified atom stereocenters. The monoisotopic (exact) mass is 384 g/mol. The summed E-state index contributed by atoms with van der Waals surface area (Å²) in [6, 6.07) is 3.66. The fourth-order valence-electron chi connectivity index (χ4n) is 1.93. The minimum Gasteiger partial charge on any atom is -0.335 e. The molecule has 3 rings (SSSR count). The molecule has 0 amide bonds. The Morgan fingerprint density at radius 2 is 2.09 bits per heavy atom. The first-order valence-electron chi connectivity index (χ1n) is 6.10. The quantitative estimate of drug-likeness (QED) is 0.751. The van der Waals surface area contributed by atoms with Gasteiger partial charge in [0.2, 0.25) is 0 Å². The summed E-state index contributed by atoms with van der Waals surface area (Å²) in [5.74, 6) is -0.323. The van der Waals surface area contributed by atoms with E-state index in [2.05, 4.69) is 31.2 Å². The summed E-state index contributed by atoms with van der Waals surface area (Å²) in [5, 5.41) is 2.82. The van der Waals surface area contributed by atoms with Crippen molar-refractivity contribution in [2.75, 3.05) is 11.6 Å². The molecule has 2 aromatic heterocycles. The molecule has 0 atom stereocenters. The molecule has 0 spiro atoms. The average molecular weight is 385 g/mol. The van der Waals surface area contributed by atoms with Crippen LogP contribution in [-0.4, -0.2) is 29.0 Å². The molecule has 22 heavy (non-hydrogen) atoms. The maximum atomic E-state index is 14.1. The van der Waals surface area contributed by atoms with E-state index in [9.17, 15) is 12.8 Å². The SMILES string of the molecule is CS(=O)(=O)c1ccc(Nc2nccn3c(Br)cnc23)c(F)c1. The molecule has 0 radical (unpaired) electrons. The van der Waals surface area contributed by atoms with Gasteiger partial charge in [0.15, 0.2) is 21.3 Å². The Kier molecular flexibility index (Phi) is 3.61. The van der Waals surface area contributed by atoms with Gasteiger partial charge in [-0.25, -0.2) is 22.8 Å². The van der Waals surface area contributed by atoms with Crippen LogP contribution in [0.1, 0.15) is 0 Å².